The molecular weight excluding hydrogens is 284 g/mol. The van der Waals surface area contributed by atoms with E-state index in [1.807, 2.05) is 0 Å². The monoisotopic (exact) mass is 304 g/mol. The number of ether oxygens (including phenoxy) is 1. The molecule has 108 valence electrons. The molecule has 1 rings (SSSR count). The first-order chi connectivity index (χ1) is 9.05. The lowest BCUT2D eigenvalue weighted by Crippen LogP contribution is -2.02. The fraction of sp³-hybridized carbons (Fsp3) is 0.571. The summed E-state index contributed by atoms with van der Waals surface area (Å²) in [6, 6.07) is 6.46. The maximum atomic E-state index is 11.3. The Kier molecular flexibility index (Phi) is 7.24. The Bertz CT molecular complexity index is 471. The molecule has 0 aliphatic carbocycles. The van der Waals surface area contributed by atoms with E-state index >= 15 is 0 Å². The molecule has 5 heteroatoms. The molecule has 0 spiro atoms. The molecule has 0 saturated heterocycles. The van der Waals surface area contributed by atoms with E-state index in [2.05, 4.69) is 6.92 Å². The van der Waals surface area contributed by atoms with Crippen LogP contribution in [0.25, 0.3) is 0 Å². The third-order valence-corrected chi connectivity index (χ3v) is 4.23. The highest BCUT2D eigenvalue weighted by Crippen LogP contribution is 2.26. The van der Waals surface area contributed by atoms with Gasteiger partial charge in [0.25, 0.3) is 9.05 Å². The van der Waals surface area contributed by atoms with Gasteiger partial charge in [0.1, 0.15) is 10.6 Å². The summed E-state index contributed by atoms with van der Waals surface area (Å²) in [6.45, 7) is 2.71. The van der Waals surface area contributed by atoms with Gasteiger partial charge in [-0.2, -0.15) is 0 Å². The predicted molar refractivity (Wildman–Crippen MR) is 78.4 cm³/mol. The maximum Gasteiger partial charge on any atom is 0.264 e. The summed E-state index contributed by atoms with van der Waals surface area (Å²) in [5.74, 6) is 0.339. The first-order valence-corrected chi connectivity index (χ1v) is 9.03. The van der Waals surface area contributed by atoms with Gasteiger partial charge in [0, 0.05) is 10.7 Å². The van der Waals surface area contributed by atoms with Crippen LogP contribution in [0, 0.1) is 0 Å². The topological polar surface area (TPSA) is 43.4 Å². The van der Waals surface area contributed by atoms with Crippen molar-refractivity contribution in [2.24, 2.45) is 0 Å². The van der Waals surface area contributed by atoms with Crippen LogP contribution in [-0.2, 0) is 9.05 Å². The minimum absolute atomic E-state index is 0.0441. The van der Waals surface area contributed by atoms with E-state index < -0.39 is 9.05 Å². The number of unbranched alkanes of at least 4 members (excludes halogenated alkanes) is 5. The van der Waals surface area contributed by atoms with Crippen LogP contribution in [-0.4, -0.2) is 15.0 Å². The van der Waals surface area contributed by atoms with E-state index in [4.69, 9.17) is 15.4 Å². The number of benzene rings is 1. The zero-order valence-electron chi connectivity index (χ0n) is 11.3. The second-order valence-corrected chi connectivity index (χ2v) is 7.04. The molecule has 0 saturated carbocycles. The van der Waals surface area contributed by atoms with E-state index in [1.165, 1.54) is 31.7 Å². The van der Waals surface area contributed by atoms with Crippen LogP contribution in [0.1, 0.15) is 45.4 Å². The number of halogens is 1. The van der Waals surface area contributed by atoms with E-state index in [0.29, 0.717) is 12.4 Å². The molecular formula is C14H21ClO3S. The van der Waals surface area contributed by atoms with Gasteiger partial charge >= 0.3 is 0 Å². The third-order valence-electron chi connectivity index (χ3n) is 2.87. The summed E-state index contributed by atoms with van der Waals surface area (Å²) in [7, 11) is 1.61. The van der Waals surface area contributed by atoms with Gasteiger partial charge in [-0.1, -0.05) is 51.2 Å². The van der Waals surface area contributed by atoms with Gasteiger partial charge in [-0.25, -0.2) is 8.42 Å². The summed E-state index contributed by atoms with van der Waals surface area (Å²) in [4.78, 5) is 0.0441. The van der Waals surface area contributed by atoms with Crippen molar-refractivity contribution >= 4 is 19.7 Å². The average molecular weight is 305 g/mol. The van der Waals surface area contributed by atoms with Gasteiger partial charge in [0.05, 0.1) is 6.61 Å². The first kappa shape index (κ1) is 16.3. The Morgan fingerprint density at radius 2 is 1.68 bits per heavy atom. The first-order valence-electron chi connectivity index (χ1n) is 6.72. The zero-order chi connectivity index (χ0) is 14.1. The van der Waals surface area contributed by atoms with Gasteiger partial charge in [-0.3, -0.25) is 0 Å². The van der Waals surface area contributed by atoms with E-state index in [-0.39, 0.29) is 4.90 Å². The fourth-order valence-corrected chi connectivity index (χ4v) is 2.83. The highest BCUT2D eigenvalue weighted by Gasteiger charge is 2.15. The Morgan fingerprint density at radius 1 is 1.05 bits per heavy atom. The smallest absolute Gasteiger partial charge is 0.264 e. The lowest BCUT2D eigenvalue weighted by Gasteiger charge is -2.09. The van der Waals surface area contributed by atoms with Crippen LogP contribution in [0.15, 0.2) is 29.2 Å². The third kappa shape index (κ3) is 6.30. The highest BCUT2D eigenvalue weighted by molar-refractivity contribution is 8.13. The van der Waals surface area contributed by atoms with Crippen molar-refractivity contribution in [3.05, 3.63) is 24.3 Å². The molecule has 0 aliphatic rings. The van der Waals surface area contributed by atoms with E-state index in [0.717, 1.165) is 12.8 Å². The minimum atomic E-state index is -3.74. The van der Waals surface area contributed by atoms with Crippen LogP contribution in [0.4, 0.5) is 0 Å². The molecule has 0 radical (unpaired) electrons. The second kappa shape index (κ2) is 8.43. The molecule has 0 bridgehead atoms. The van der Waals surface area contributed by atoms with Crippen molar-refractivity contribution in [1.82, 2.24) is 0 Å². The standard InChI is InChI=1S/C14H21ClO3S/c1-2-3-4-5-6-9-12-18-13-10-7-8-11-14(13)19(15,16)17/h7-8,10-11H,2-6,9,12H2,1H3. The fourth-order valence-electron chi connectivity index (χ4n) is 1.84. The van der Waals surface area contributed by atoms with Gasteiger partial charge in [0.2, 0.25) is 0 Å². The van der Waals surface area contributed by atoms with Gasteiger partial charge in [-0.15, -0.1) is 0 Å². The quantitative estimate of drug-likeness (QED) is 0.503. The van der Waals surface area contributed by atoms with Gasteiger partial charge in [-0.05, 0) is 18.6 Å². The van der Waals surface area contributed by atoms with Crippen LogP contribution in [0.3, 0.4) is 0 Å². The van der Waals surface area contributed by atoms with Crippen LogP contribution < -0.4 is 4.74 Å². The SMILES string of the molecule is CCCCCCCCOc1ccccc1S(=O)(=O)Cl. The second-order valence-electron chi connectivity index (χ2n) is 4.50. The minimum Gasteiger partial charge on any atom is -0.492 e. The van der Waals surface area contributed by atoms with Crippen LogP contribution >= 0.6 is 10.7 Å². The molecule has 0 atom stereocenters. The Morgan fingerprint density at radius 3 is 2.37 bits per heavy atom. The lowest BCUT2D eigenvalue weighted by molar-refractivity contribution is 0.297. The lowest BCUT2D eigenvalue weighted by atomic mass is 10.1. The molecule has 0 unspecified atom stereocenters. The molecule has 0 heterocycles. The Labute approximate surface area is 120 Å². The van der Waals surface area contributed by atoms with E-state index in [1.54, 1.807) is 18.2 Å². The molecule has 1 aromatic carbocycles. The highest BCUT2D eigenvalue weighted by atomic mass is 35.7. The molecule has 19 heavy (non-hydrogen) atoms. The van der Waals surface area contributed by atoms with Crippen molar-refractivity contribution < 1.29 is 13.2 Å². The van der Waals surface area contributed by atoms with Crippen LogP contribution in [0.5, 0.6) is 5.75 Å². The molecule has 0 amide bonds. The summed E-state index contributed by atoms with van der Waals surface area (Å²) < 4.78 is 28.2. The number of para-hydroxylation sites is 1. The number of hydrogen-bond acceptors (Lipinski definition) is 3. The molecule has 0 N–H and O–H groups in total. The van der Waals surface area contributed by atoms with Crippen LogP contribution in [0.2, 0.25) is 0 Å². The van der Waals surface area contributed by atoms with Crippen molar-refractivity contribution in [3.63, 3.8) is 0 Å². The van der Waals surface area contributed by atoms with Crippen molar-refractivity contribution in [1.29, 1.82) is 0 Å². The largest absolute Gasteiger partial charge is 0.492 e. The summed E-state index contributed by atoms with van der Waals surface area (Å²) in [6.07, 6.45) is 7.00. The predicted octanol–water partition coefficient (Wildman–Crippen LogP) is 4.35. The molecule has 1 aromatic rings. The molecule has 0 fully saturated rings. The summed E-state index contributed by atoms with van der Waals surface area (Å²) in [5, 5.41) is 0. The van der Waals surface area contributed by atoms with Crippen molar-refractivity contribution in [3.8, 4) is 5.75 Å². The van der Waals surface area contributed by atoms with Gasteiger partial charge in [0.15, 0.2) is 0 Å². The number of rotatable bonds is 9. The van der Waals surface area contributed by atoms with Crippen molar-refractivity contribution in [2.45, 2.75) is 50.3 Å². The van der Waals surface area contributed by atoms with Crippen molar-refractivity contribution in [2.75, 3.05) is 6.61 Å². The molecule has 0 aliphatic heterocycles. The summed E-state index contributed by atoms with van der Waals surface area (Å²) in [5.41, 5.74) is 0. The summed E-state index contributed by atoms with van der Waals surface area (Å²) >= 11 is 0. The average Bonchev–Trinajstić information content (AvgIpc) is 2.37. The van der Waals surface area contributed by atoms with E-state index in [9.17, 15) is 8.42 Å². The Hall–Kier alpha value is -0.740. The normalized spacial score (nSPS) is 11.5. The Balaban J connectivity index is 2.38. The molecule has 3 nitrogen and oxygen atoms in total. The van der Waals surface area contributed by atoms with Gasteiger partial charge < -0.3 is 4.74 Å². The number of hydrogen-bond donors (Lipinski definition) is 0. The zero-order valence-corrected chi connectivity index (χ0v) is 12.8. The maximum absolute atomic E-state index is 11.3. The molecule has 0 aromatic heterocycles.